The number of carbonyl (C=O) groups is 1. The van der Waals surface area contributed by atoms with E-state index in [2.05, 4.69) is 10.5 Å². The first-order chi connectivity index (χ1) is 9.99. The fourth-order valence-electron chi connectivity index (χ4n) is 1.68. The molecule has 0 heterocycles. The van der Waals surface area contributed by atoms with Crippen molar-refractivity contribution in [2.45, 2.75) is 0 Å². The minimum Gasteiger partial charge on any atom is -0.409 e. The fourth-order valence-corrected chi connectivity index (χ4v) is 1.90. The number of benzene rings is 2. The second-order valence-corrected chi connectivity index (χ2v) is 4.61. The summed E-state index contributed by atoms with van der Waals surface area (Å²) in [5.41, 5.74) is 6.49. The van der Waals surface area contributed by atoms with Gasteiger partial charge in [0.1, 0.15) is 5.82 Å². The molecule has 5 nitrogen and oxygen atoms in total. The molecule has 0 unspecified atom stereocenters. The average molecular weight is 308 g/mol. The maximum atomic E-state index is 13.2. The molecule has 0 bridgehead atoms. The molecule has 1 amide bonds. The summed E-state index contributed by atoms with van der Waals surface area (Å²) in [5.74, 6) is -1.03. The average Bonchev–Trinajstić information content (AvgIpc) is 2.45. The zero-order chi connectivity index (χ0) is 15.4. The predicted molar refractivity (Wildman–Crippen MR) is 78.3 cm³/mol. The lowest BCUT2D eigenvalue weighted by Crippen LogP contribution is -2.15. The lowest BCUT2D eigenvalue weighted by molar-refractivity contribution is 0.102. The van der Waals surface area contributed by atoms with Crippen molar-refractivity contribution in [3.8, 4) is 0 Å². The van der Waals surface area contributed by atoms with E-state index in [9.17, 15) is 9.18 Å². The van der Waals surface area contributed by atoms with Gasteiger partial charge in [0.25, 0.3) is 5.91 Å². The van der Waals surface area contributed by atoms with E-state index in [-0.39, 0.29) is 16.5 Å². The van der Waals surface area contributed by atoms with Crippen molar-refractivity contribution in [1.29, 1.82) is 0 Å². The number of oxime groups is 1. The number of nitrogens with one attached hydrogen (secondary N) is 1. The number of hydrogen-bond donors (Lipinski definition) is 3. The Morgan fingerprint density at radius 3 is 2.38 bits per heavy atom. The van der Waals surface area contributed by atoms with E-state index in [0.717, 1.165) is 12.1 Å². The molecule has 0 aliphatic rings. The van der Waals surface area contributed by atoms with E-state index in [1.54, 1.807) is 0 Å². The van der Waals surface area contributed by atoms with Gasteiger partial charge in [0.15, 0.2) is 5.84 Å². The summed E-state index contributed by atoms with van der Waals surface area (Å²) < 4.78 is 13.2. The van der Waals surface area contributed by atoms with E-state index < -0.39 is 11.7 Å². The lowest BCUT2D eigenvalue weighted by Gasteiger charge is -2.07. The SMILES string of the molecule is N/C(=N/O)c1ccc(C(=O)Nc2cc(F)cc(Cl)c2)cc1. The largest absolute Gasteiger partial charge is 0.409 e. The van der Waals surface area contributed by atoms with Gasteiger partial charge in [-0.2, -0.15) is 0 Å². The molecule has 0 aliphatic heterocycles. The lowest BCUT2D eigenvalue weighted by atomic mass is 10.1. The van der Waals surface area contributed by atoms with E-state index in [4.69, 9.17) is 22.5 Å². The molecule has 0 atom stereocenters. The van der Waals surface area contributed by atoms with Crippen molar-refractivity contribution in [1.82, 2.24) is 0 Å². The molecule has 0 saturated carbocycles. The molecule has 2 rings (SSSR count). The van der Waals surface area contributed by atoms with E-state index in [0.29, 0.717) is 11.1 Å². The summed E-state index contributed by atoms with van der Waals surface area (Å²) in [6.07, 6.45) is 0. The summed E-state index contributed by atoms with van der Waals surface area (Å²) >= 11 is 5.71. The van der Waals surface area contributed by atoms with Crippen LogP contribution in [0.4, 0.5) is 10.1 Å². The van der Waals surface area contributed by atoms with E-state index in [1.807, 2.05) is 0 Å². The van der Waals surface area contributed by atoms with Gasteiger partial charge in [-0.05, 0) is 30.3 Å². The van der Waals surface area contributed by atoms with Gasteiger partial charge in [-0.3, -0.25) is 4.79 Å². The van der Waals surface area contributed by atoms with Gasteiger partial charge >= 0.3 is 0 Å². The highest BCUT2D eigenvalue weighted by Crippen LogP contribution is 2.18. The Bertz CT molecular complexity index is 682. The number of halogens is 2. The third kappa shape index (κ3) is 3.70. The highest BCUT2D eigenvalue weighted by Gasteiger charge is 2.08. The van der Waals surface area contributed by atoms with Crippen molar-refractivity contribution in [2.24, 2.45) is 10.9 Å². The summed E-state index contributed by atoms with van der Waals surface area (Å²) in [6.45, 7) is 0. The van der Waals surface area contributed by atoms with Crippen LogP contribution in [0.2, 0.25) is 5.02 Å². The number of hydrogen-bond acceptors (Lipinski definition) is 3. The van der Waals surface area contributed by atoms with Gasteiger partial charge in [0.05, 0.1) is 0 Å². The van der Waals surface area contributed by atoms with Crippen LogP contribution in [-0.2, 0) is 0 Å². The second kappa shape index (κ2) is 6.23. The first-order valence-corrected chi connectivity index (χ1v) is 6.23. The molecular weight excluding hydrogens is 297 g/mol. The molecule has 0 saturated heterocycles. The summed E-state index contributed by atoms with van der Waals surface area (Å²) in [7, 11) is 0. The Balaban J connectivity index is 2.16. The van der Waals surface area contributed by atoms with Crippen LogP contribution in [0.5, 0.6) is 0 Å². The highest BCUT2D eigenvalue weighted by atomic mass is 35.5. The maximum Gasteiger partial charge on any atom is 0.255 e. The third-order valence-electron chi connectivity index (χ3n) is 2.67. The fraction of sp³-hybridized carbons (Fsp3) is 0. The topological polar surface area (TPSA) is 87.7 Å². The monoisotopic (exact) mass is 307 g/mol. The molecule has 0 radical (unpaired) electrons. The number of rotatable bonds is 3. The summed E-state index contributed by atoms with van der Waals surface area (Å²) in [4.78, 5) is 12.0. The normalized spacial score (nSPS) is 11.2. The van der Waals surface area contributed by atoms with Crippen LogP contribution in [0.25, 0.3) is 0 Å². The summed E-state index contributed by atoms with van der Waals surface area (Å²) in [5, 5.41) is 14.1. The van der Waals surface area contributed by atoms with Crippen LogP contribution in [0.1, 0.15) is 15.9 Å². The number of nitrogens with zero attached hydrogens (tertiary/aromatic N) is 1. The minimum atomic E-state index is -0.542. The first kappa shape index (κ1) is 14.8. The molecular formula is C14H11ClFN3O2. The zero-order valence-electron chi connectivity index (χ0n) is 10.7. The van der Waals surface area contributed by atoms with E-state index >= 15 is 0 Å². The standard InChI is InChI=1S/C14H11ClFN3O2/c15-10-5-11(16)7-12(6-10)18-14(20)9-3-1-8(2-4-9)13(17)19-21/h1-7,21H,(H2,17,19)(H,18,20). The zero-order valence-corrected chi connectivity index (χ0v) is 11.4. The van der Waals surface area contributed by atoms with E-state index in [1.165, 1.54) is 30.3 Å². The molecule has 21 heavy (non-hydrogen) atoms. The van der Waals surface area contributed by atoms with Crippen molar-refractivity contribution >= 4 is 29.0 Å². The number of anilines is 1. The number of amides is 1. The van der Waals surface area contributed by atoms with Crippen LogP contribution < -0.4 is 11.1 Å². The molecule has 108 valence electrons. The smallest absolute Gasteiger partial charge is 0.255 e. The molecule has 0 spiro atoms. The Morgan fingerprint density at radius 1 is 1.19 bits per heavy atom. The molecule has 4 N–H and O–H groups in total. The number of nitrogens with two attached hydrogens (primary N) is 1. The molecule has 0 aromatic heterocycles. The molecule has 0 fully saturated rings. The number of carbonyl (C=O) groups excluding carboxylic acids is 1. The first-order valence-electron chi connectivity index (χ1n) is 5.85. The number of amidine groups is 1. The molecule has 2 aromatic carbocycles. The quantitative estimate of drug-likeness (QED) is 0.352. The maximum absolute atomic E-state index is 13.2. The Hall–Kier alpha value is -2.60. The van der Waals surface area contributed by atoms with Gasteiger partial charge in [-0.1, -0.05) is 28.9 Å². The highest BCUT2D eigenvalue weighted by molar-refractivity contribution is 6.31. The van der Waals surface area contributed by atoms with Crippen molar-refractivity contribution < 1.29 is 14.4 Å². The van der Waals surface area contributed by atoms with Crippen LogP contribution in [0, 0.1) is 5.82 Å². The van der Waals surface area contributed by atoms with Gasteiger partial charge in [0, 0.05) is 21.8 Å². The van der Waals surface area contributed by atoms with Gasteiger partial charge in [-0.15, -0.1) is 0 Å². The van der Waals surface area contributed by atoms with Crippen LogP contribution in [0.3, 0.4) is 0 Å². The Labute approximate surface area is 124 Å². The minimum absolute atomic E-state index is 0.0566. The van der Waals surface area contributed by atoms with Crippen LogP contribution >= 0.6 is 11.6 Å². The second-order valence-electron chi connectivity index (χ2n) is 4.17. The Morgan fingerprint density at radius 2 is 1.81 bits per heavy atom. The predicted octanol–water partition coefficient (Wildman–Crippen LogP) is 2.83. The molecule has 2 aromatic rings. The van der Waals surface area contributed by atoms with Gasteiger partial charge in [-0.25, -0.2) is 4.39 Å². The van der Waals surface area contributed by atoms with Gasteiger partial charge in [0.2, 0.25) is 0 Å². The molecule has 0 aliphatic carbocycles. The van der Waals surface area contributed by atoms with Crippen LogP contribution in [0.15, 0.2) is 47.6 Å². The van der Waals surface area contributed by atoms with Crippen molar-refractivity contribution in [3.63, 3.8) is 0 Å². The van der Waals surface area contributed by atoms with Crippen LogP contribution in [-0.4, -0.2) is 17.0 Å². The molecule has 7 heteroatoms. The van der Waals surface area contributed by atoms with Crippen molar-refractivity contribution in [3.05, 3.63) is 64.4 Å². The summed E-state index contributed by atoms with van der Waals surface area (Å²) in [6, 6.07) is 9.81. The van der Waals surface area contributed by atoms with Gasteiger partial charge < -0.3 is 16.3 Å². The third-order valence-corrected chi connectivity index (χ3v) is 2.89. The Kier molecular flexibility index (Phi) is 4.39. The van der Waals surface area contributed by atoms with Crippen molar-refractivity contribution in [2.75, 3.05) is 5.32 Å².